The average Bonchev–Trinajstić information content (AvgIpc) is 2.80. The van der Waals surface area contributed by atoms with Crippen molar-refractivity contribution in [2.45, 2.75) is 58.9 Å². The van der Waals surface area contributed by atoms with Gasteiger partial charge in [0.15, 0.2) is 5.78 Å². The number of allylic oxidation sites excluding steroid dienone is 1. The summed E-state index contributed by atoms with van der Waals surface area (Å²) in [7, 11) is 0. The van der Waals surface area contributed by atoms with Crippen LogP contribution in [0.2, 0.25) is 0 Å². The third-order valence-corrected chi connectivity index (χ3v) is 5.20. The zero-order valence-corrected chi connectivity index (χ0v) is 15.0. The van der Waals surface area contributed by atoms with Crippen molar-refractivity contribution in [1.29, 1.82) is 0 Å². The molecule has 1 saturated heterocycles. The van der Waals surface area contributed by atoms with Gasteiger partial charge in [0.2, 0.25) is 11.8 Å². The van der Waals surface area contributed by atoms with E-state index in [9.17, 15) is 14.4 Å². The number of thioether (sulfide) groups is 1. The van der Waals surface area contributed by atoms with Crippen LogP contribution in [0.25, 0.3) is 0 Å². The molecule has 0 aromatic heterocycles. The van der Waals surface area contributed by atoms with E-state index in [1.165, 1.54) is 29.2 Å². The van der Waals surface area contributed by atoms with Gasteiger partial charge < -0.3 is 5.32 Å². The van der Waals surface area contributed by atoms with Crippen LogP contribution in [0.5, 0.6) is 0 Å². The number of hydrogen-bond donors (Lipinski definition) is 1. The van der Waals surface area contributed by atoms with Gasteiger partial charge >= 0.3 is 0 Å². The van der Waals surface area contributed by atoms with E-state index in [-0.39, 0.29) is 30.2 Å². The molecular weight excluding hydrogens is 312 g/mol. The lowest BCUT2D eigenvalue weighted by Gasteiger charge is -2.24. The molecule has 1 aliphatic heterocycles. The number of carbonyl (C=O) groups is 3. The Kier molecular flexibility index (Phi) is 5.89. The van der Waals surface area contributed by atoms with Gasteiger partial charge in [0.25, 0.3) is 0 Å². The average molecular weight is 338 g/mol. The van der Waals surface area contributed by atoms with E-state index in [0.29, 0.717) is 10.8 Å². The van der Waals surface area contributed by atoms with E-state index in [1.54, 1.807) is 0 Å². The van der Waals surface area contributed by atoms with Gasteiger partial charge in [-0.05, 0) is 12.8 Å². The highest BCUT2D eigenvalue weighted by Gasteiger charge is 2.31. The molecule has 0 aromatic rings. The van der Waals surface area contributed by atoms with Gasteiger partial charge in [-0.1, -0.05) is 51.8 Å². The van der Waals surface area contributed by atoms with E-state index in [0.717, 1.165) is 25.7 Å². The fourth-order valence-corrected chi connectivity index (χ4v) is 3.63. The van der Waals surface area contributed by atoms with Crippen molar-refractivity contribution in [1.82, 2.24) is 10.2 Å². The maximum Gasteiger partial charge on any atom is 0.240 e. The standard InChI is InChI=1S/C17H26N2O3S/c1-17(2,3)13(20)9-16-19(15(22)11-23-16)10-14(21)18-12-7-5-4-6-8-12/h9,12H,4-8,10-11H2,1-3H3,(H,18,21)/b16-9+. The minimum Gasteiger partial charge on any atom is -0.352 e. The Morgan fingerprint density at radius 2 is 1.91 bits per heavy atom. The van der Waals surface area contributed by atoms with E-state index in [1.807, 2.05) is 20.8 Å². The predicted molar refractivity (Wildman–Crippen MR) is 91.7 cm³/mol. The molecule has 2 amide bonds. The fraction of sp³-hybridized carbons (Fsp3) is 0.706. The molecular formula is C17H26N2O3S. The molecule has 2 fully saturated rings. The summed E-state index contributed by atoms with van der Waals surface area (Å²) in [6.45, 7) is 5.53. The molecule has 0 atom stereocenters. The summed E-state index contributed by atoms with van der Waals surface area (Å²) in [6, 6.07) is 0.227. The fourth-order valence-electron chi connectivity index (χ4n) is 2.69. The minimum absolute atomic E-state index is 0.00555. The Balaban J connectivity index is 1.98. The molecule has 0 bridgehead atoms. The topological polar surface area (TPSA) is 66.5 Å². The van der Waals surface area contributed by atoms with E-state index in [2.05, 4.69) is 5.32 Å². The van der Waals surface area contributed by atoms with Crippen molar-refractivity contribution < 1.29 is 14.4 Å². The van der Waals surface area contributed by atoms with Crippen LogP contribution in [0.4, 0.5) is 0 Å². The molecule has 2 aliphatic rings. The van der Waals surface area contributed by atoms with Crippen molar-refractivity contribution in [3.63, 3.8) is 0 Å². The Morgan fingerprint density at radius 3 is 2.52 bits per heavy atom. The molecule has 1 aliphatic carbocycles. The SMILES string of the molecule is CC(C)(C)C(=O)/C=C1/SCC(=O)N1CC(=O)NC1CCCCC1. The molecule has 0 spiro atoms. The molecule has 1 heterocycles. The second-order valence-corrected chi connectivity index (χ2v) is 8.26. The number of rotatable bonds is 4. The molecule has 23 heavy (non-hydrogen) atoms. The predicted octanol–water partition coefficient (Wildman–Crippen LogP) is 2.47. The first-order valence-electron chi connectivity index (χ1n) is 8.26. The number of carbonyl (C=O) groups excluding carboxylic acids is 3. The summed E-state index contributed by atoms with van der Waals surface area (Å²) in [5, 5.41) is 3.61. The lowest BCUT2D eigenvalue weighted by Crippen LogP contribution is -2.43. The van der Waals surface area contributed by atoms with Crippen LogP contribution in [-0.4, -0.2) is 40.8 Å². The number of hydrogen-bond acceptors (Lipinski definition) is 4. The van der Waals surface area contributed by atoms with Crippen LogP contribution < -0.4 is 5.32 Å². The lowest BCUT2D eigenvalue weighted by molar-refractivity contribution is -0.131. The van der Waals surface area contributed by atoms with Gasteiger partial charge in [-0.15, -0.1) is 0 Å². The first kappa shape index (κ1) is 18.0. The van der Waals surface area contributed by atoms with Crippen LogP contribution in [-0.2, 0) is 14.4 Å². The lowest BCUT2D eigenvalue weighted by atomic mass is 9.91. The molecule has 6 heteroatoms. The summed E-state index contributed by atoms with van der Waals surface area (Å²) < 4.78 is 0. The van der Waals surface area contributed by atoms with E-state index >= 15 is 0 Å². The van der Waals surface area contributed by atoms with Crippen LogP contribution in [0.1, 0.15) is 52.9 Å². The summed E-state index contributed by atoms with van der Waals surface area (Å²) in [5.41, 5.74) is -0.491. The Labute approximate surface area is 142 Å². The summed E-state index contributed by atoms with van der Waals surface area (Å²) in [5.74, 6) is 0.0101. The van der Waals surface area contributed by atoms with Gasteiger partial charge in [0, 0.05) is 17.5 Å². The second-order valence-electron chi connectivity index (χ2n) is 7.27. The molecule has 1 N–H and O–H groups in total. The van der Waals surface area contributed by atoms with Crippen LogP contribution in [0.15, 0.2) is 11.1 Å². The van der Waals surface area contributed by atoms with Crippen molar-refractivity contribution in [3.8, 4) is 0 Å². The van der Waals surface area contributed by atoms with Crippen molar-refractivity contribution >= 4 is 29.4 Å². The monoisotopic (exact) mass is 338 g/mol. The van der Waals surface area contributed by atoms with Crippen molar-refractivity contribution in [3.05, 3.63) is 11.1 Å². The van der Waals surface area contributed by atoms with Crippen LogP contribution in [0, 0.1) is 5.41 Å². The third kappa shape index (κ3) is 5.09. The third-order valence-electron chi connectivity index (χ3n) is 4.18. The summed E-state index contributed by atoms with van der Waals surface area (Å²) in [4.78, 5) is 37.8. The van der Waals surface area contributed by atoms with E-state index < -0.39 is 5.41 Å². The largest absolute Gasteiger partial charge is 0.352 e. The summed E-state index contributed by atoms with van der Waals surface area (Å²) >= 11 is 1.33. The van der Waals surface area contributed by atoms with Gasteiger partial charge in [0.05, 0.1) is 10.8 Å². The smallest absolute Gasteiger partial charge is 0.240 e. The first-order valence-corrected chi connectivity index (χ1v) is 9.24. The zero-order valence-electron chi connectivity index (χ0n) is 14.2. The number of ketones is 1. The van der Waals surface area contributed by atoms with Crippen molar-refractivity contribution in [2.75, 3.05) is 12.3 Å². The van der Waals surface area contributed by atoms with Gasteiger partial charge in [-0.3, -0.25) is 19.3 Å². The molecule has 0 radical (unpaired) electrons. The highest BCUT2D eigenvalue weighted by molar-refractivity contribution is 8.04. The number of nitrogens with one attached hydrogen (secondary N) is 1. The van der Waals surface area contributed by atoms with E-state index in [4.69, 9.17) is 0 Å². The molecule has 0 aromatic carbocycles. The van der Waals surface area contributed by atoms with Gasteiger partial charge in [0.1, 0.15) is 6.54 Å². The van der Waals surface area contributed by atoms with Crippen molar-refractivity contribution in [2.24, 2.45) is 5.41 Å². The molecule has 5 nitrogen and oxygen atoms in total. The highest BCUT2D eigenvalue weighted by atomic mass is 32.2. The normalized spacial score (nSPS) is 21.8. The second kappa shape index (κ2) is 7.51. The van der Waals surface area contributed by atoms with Gasteiger partial charge in [-0.2, -0.15) is 0 Å². The number of amides is 2. The molecule has 128 valence electrons. The zero-order chi connectivity index (χ0) is 17.0. The highest BCUT2D eigenvalue weighted by Crippen LogP contribution is 2.30. The number of nitrogens with zero attached hydrogens (tertiary/aromatic N) is 1. The quantitative estimate of drug-likeness (QED) is 0.800. The maximum atomic E-state index is 12.2. The van der Waals surface area contributed by atoms with Crippen LogP contribution >= 0.6 is 11.8 Å². The Morgan fingerprint density at radius 1 is 1.26 bits per heavy atom. The van der Waals surface area contributed by atoms with Crippen LogP contribution in [0.3, 0.4) is 0 Å². The first-order chi connectivity index (χ1) is 10.8. The Bertz CT molecular complexity index is 516. The molecule has 0 unspecified atom stereocenters. The molecule has 2 rings (SSSR count). The summed E-state index contributed by atoms with van der Waals surface area (Å²) in [6.07, 6.45) is 7.06. The maximum absolute atomic E-state index is 12.2. The minimum atomic E-state index is -0.491. The Hall–Kier alpha value is -1.30. The van der Waals surface area contributed by atoms with Gasteiger partial charge in [-0.25, -0.2) is 0 Å². The molecule has 1 saturated carbocycles.